The summed E-state index contributed by atoms with van der Waals surface area (Å²) in [6.45, 7) is 6.13. The maximum absolute atomic E-state index is 11.9. The highest BCUT2D eigenvalue weighted by atomic mass is 16.5. The number of ether oxygens (including phenoxy) is 1. The molecular formula is C16H22N6O2. The molecule has 0 unspecified atom stereocenters. The van der Waals surface area contributed by atoms with Crippen molar-refractivity contribution < 1.29 is 9.53 Å². The Labute approximate surface area is 140 Å². The SMILES string of the molecule is C[C@@H]1CN(c2ccc(NC(=O)NCc3ccn[nH]3)cn2)C[C@@H](C)O1. The molecule has 1 saturated heterocycles. The molecule has 8 heteroatoms. The maximum Gasteiger partial charge on any atom is 0.319 e. The van der Waals surface area contributed by atoms with Gasteiger partial charge in [-0.25, -0.2) is 9.78 Å². The van der Waals surface area contributed by atoms with Crippen molar-refractivity contribution in [2.45, 2.75) is 32.6 Å². The van der Waals surface area contributed by atoms with Crippen molar-refractivity contribution >= 4 is 17.5 Å². The van der Waals surface area contributed by atoms with Crippen LogP contribution in [-0.2, 0) is 11.3 Å². The third-order valence-corrected chi connectivity index (χ3v) is 3.75. The zero-order chi connectivity index (χ0) is 16.9. The van der Waals surface area contributed by atoms with E-state index >= 15 is 0 Å². The van der Waals surface area contributed by atoms with Crippen LogP contribution in [0.25, 0.3) is 0 Å². The fourth-order valence-corrected chi connectivity index (χ4v) is 2.75. The second-order valence-corrected chi connectivity index (χ2v) is 5.96. The zero-order valence-electron chi connectivity index (χ0n) is 13.8. The van der Waals surface area contributed by atoms with Crippen LogP contribution in [0.4, 0.5) is 16.3 Å². The number of nitrogens with zero attached hydrogens (tertiary/aromatic N) is 3. The Hall–Kier alpha value is -2.61. The van der Waals surface area contributed by atoms with Gasteiger partial charge < -0.3 is 20.3 Å². The predicted molar refractivity (Wildman–Crippen MR) is 90.9 cm³/mol. The Morgan fingerprint density at radius 3 is 2.75 bits per heavy atom. The molecule has 3 N–H and O–H groups in total. The van der Waals surface area contributed by atoms with E-state index in [0.29, 0.717) is 12.2 Å². The number of morpholine rings is 1. The number of rotatable bonds is 4. The number of hydrogen-bond donors (Lipinski definition) is 3. The molecule has 0 spiro atoms. The third kappa shape index (κ3) is 4.23. The van der Waals surface area contributed by atoms with Gasteiger partial charge in [0.05, 0.1) is 36.3 Å². The normalized spacial score (nSPS) is 20.7. The number of anilines is 2. The molecule has 0 aliphatic carbocycles. The first-order valence-corrected chi connectivity index (χ1v) is 7.99. The maximum atomic E-state index is 11.9. The van der Waals surface area contributed by atoms with Gasteiger partial charge in [0, 0.05) is 19.3 Å². The van der Waals surface area contributed by atoms with Crippen LogP contribution < -0.4 is 15.5 Å². The fraction of sp³-hybridized carbons (Fsp3) is 0.438. The van der Waals surface area contributed by atoms with Crippen molar-refractivity contribution in [1.29, 1.82) is 0 Å². The molecule has 2 aromatic heterocycles. The summed E-state index contributed by atoms with van der Waals surface area (Å²) in [7, 11) is 0. The summed E-state index contributed by atoms with van der Waals surface area (Å²) in [5.74, 6) is 0.889. The summed E-state index contributed by atoms with van der Waals surface area (Å²) >= 11 is 0. The van der Waals surface area contributed by atoms with E-state index < -0.39 is 0 Å². The lowest BCUT2D eigenvalue weighted by atomic mass is 10.2. The number of aromatic nitrogens is 3. The Kier molecular flexibility index (Phi) is 4.95. The predicted octanol–water partition coefficient (Wildman–Crippen LogP) is 1.74. The van der Waals surface area contributed by atoms with E-state index in [9.17, 15) is 4.79 Å². The average Bonchev–Trinajstić information content (AvgIpc) is 3.06. The molecule has 1 aliphatic heterocycles. The number of amides is 2. The number of H-pyrrole nitrogens is 1. The minimum absolute atomic E-state index is 0.182. The molecule has 2 amide bonds. The summed E-state index contributed by atoms with van der Waals surface area (Å²) in [6.07, 6.45) is 3.67. The number of hydrogen-bond acceptors (Lipinski definition) is 5. The first-order chi connectivity index (χ1) is 11.6. The smallest absolute Gasteiger partial charge is 0.319 e. The lowest BCUT2D eigenvalue weighted by Crippen LogP contribution is -2.45. The lowest BCUT2D eigenvalue weighted by Gasteiger charge is -2.36. The molecular weight excluding hydrogens is 308 g/mol. The summed E-state index contributed by atoms with van der Waals surface area (Å²) in [6, 6.07) is 5.28. The van der Waals surface area contributed by atoms with E-state index in [0.717, 1.165) is 24.6 Å². The minimum atomic E-state index is -0.284. The first-order valence-electron chi connectivity index (χ1n) is 7.99. The van der Waals surface area contributed by atoms with E-state index in [2.05, 4.69) is 44.6 Å². The Balaban J connectivity index is 1.53. The van der Waals surface area contributed by atoms with E-state index in [1.807, 2.05) is 12.1 Å². The lowest BCUT2D eigenvalue weighted by molar-refractivity contribution is -0.00545. The van der Waals surface area contributed by atoms with Crippen molar-refractivity contribution in [2.24, 2.45) is 0 Å². The Bertz CT molecular complexity index is 648. The average molecular weight is 330 g/mol. The van der Waals surface area contributed by atoms with Crippen molar-refractivity contribution in [1.82, 2.24) is 20.5 Å². The van der Waals surface area contributed by atoms with E-state index in [-0.39, 0.29) is 18.2 Å². The second-order valence-electron chi connectivity index (χ2n) is 5.96. The van der Waals surface area contributed by atoms with Crippen molar-refractivity contribution in [3.05, 3.63) is 36.3 Å². The van der Waals surface area contributed by atoms with Gasteiger partial charge in [0.15, 0.2) is 0 Å². The van der Waals surface area contributed by atoms with Crippen molar-refractivity contribution in [2.75, 3.05) is 23.3 Å². The standard InChI is InChI=1S/C16H22N6O2/c1-11-9-22(10-12(2)24-11)15-4-3-13(7-17-15)20-16(23)18-8-14-5-6-19-21-14/h3-7,11-12H,8-10H2,1-2H3,(H,19,21)(H2,18,20,23)/t11-,12-/m1/s1. The highest BCUT2D eigenvalue weighted by Crippen LogP contribution is 2.19. The molecule has 1 fully saturated rings. The van der Waals surface area contributed by atoms with E-state index in [1.165, 1.54) is 0 Å². The molecule has 8 nitrogen and oxygen atoms in total. The number of aromatic amines is 1. The van der Waals surface area contributed by atoms with Crippen molar-refractivity contribution in [3.63, 3.8) is 0 Å². The van der Waals surface area contributed by atoms with Gasteiger partial charge in [-0.3, -0.25) is 5.10 Å². The highest BCUT2D eigenvalue weighted by molar-refractivity contribution is 5.89. The second kappa shape index (κ2) is 7.31. The molecule has 128 valence electrons. The molecule has 3 heterocycles. The van der Waals surface area contributed by atoms with Gasteiger partial charge in [0.25, 0.3) is 0 Å². The largest absolute Gasteiger partial charge is 0.372 e. The quantitative estimate of drug-likeness (QED) is 0.794. The van der Waals surface area contributed by atoms with Gasteiger partial charge in [0.2, 0.25) is 0 Å². The van der Waals surface area contributed by atoms with E-state index in [4.69, 9.17) is 4.74 Å². The third-order valence-electron chi connectivity index (χ3n) is 3.75. The van der Waals surface area contributed by atoms with Crippen LogP contribution in [0.15, 0.2) is 30.6 Å². The zero-order valence-corrected chi connectivity index (χ0v) is 13.8. The Morgan fingerprint density at radius 1 is 1.33 bits per heavy atom. The van der Waals surface area contributed by atoms with Crippen LogP contribution in [0.2, 0.25) is 0 Å². The number of urea groups is 1. The summed E-state index contributed by atoms with van der Waals surface area (Å²) in [5.41, 5.74) is 1.49. The van der Waals surface area contributed by atoms with Gasteiger partial charge in [0.1, 0.15) is 5.82 Å². The first kappa shape index (κ1) is 16.3. The molecule has 3 rings (SSSR count). The number of nitrogens with one attached hydrogen (secondary N) is 3. The van der Waals surface area contributed by atoms with Gasteiger partial charge >= 0.3 is 6.03 Å². The molecule has 2 atom stereocenters. The number of carbonyl (C=O) groups excluding carboxylic acids is 1. The van der Waals surface area contributed by atoms with Crippen LogP contribution in [0.5, 0.6) is 0 Å². The van der Waals surface area contributed by atoms with Gasteiger partial charge in [-0.2, -0.15) is 5.10 Å². The topological polar surface area (TPSA) is 95.2 Å². The van der Waals surface area contributed by atoms with Crippen LogP contribution in [0.3, 0.4) is 0 Å². The van der Waals surface area contributed by atoms with Crippen LogP contribution in [-0.4, -0.2) is 46.5 Å². The number of pyridine rings is 1. The molecule has 2 aromatic rings. The monoisotopic (exact) mass is 330 g/mol. The Morgan fingerprint density at radius 2 is 2.12 bits per heavy atom. The fourth-order valence-electron chi connectivity index (χ4n) is 2.75. The number of carbonyl (C=O) groups is 1. The van der Waals surface area contributed by atoms with Crippen LogP contribution >= 0.6 is 0 Å². The van der Waals surface area contributed by atoms with Crippen LogP contribution in [0.1, 0.15) is 19.5 Å². The molecule has 0 radical (unpaired) electrons. The molecule has 0 saturated carbocycles. The summed E-state index contributed by atoms with van der Waals surface area (Å²) < 4.78 is 5.73. The molecule has 0 bridgehead atoms. The van der Waals surface area contributed by atoms with Gasteiger partial charge in [-0.05, 0) is 32.0 Å². The molecule has 1 aliphatic rings. The minimum Gasteiger partial charge on any atom is -0.372 e. The summed E-state index contributed by atoms with van der Waals surface area (Å²) in [4.78, 5) is 18.5. The van der Waals surface area contributed by atoms with E-state index in [1.54, 1.807) is 18.5 Å². The molecule has 24 heavy (non-hydrogen) atoms. The van der Waals surface area contributed by atoms with Crippen LogP contribution in [0, 0.1) is 0 Å². The molecule has 0 aromatic carbocycles. The van der Waals surface area contributed by atoms with Gasteiger partial charge in [-0.1, -0.05) is 0 Å². The highest BCUT2D eigenvalue weighted by Gasteiger charge is 2.22. The van der Waals surface area contributed by atoms with Crippen molar-refractivity contribution in [3.8, 4) is 0 Å². The summed E-state index contributed by atoms with van der Waals surface area (Å²) in [5, 5.41) is 12.1. The van der Waals surface area contributed by atoms with Gasteiger partial charge in [-0.15, -0.1) is 0 Å².